The molecule has 1 amide bonds. The molecule has 1 N–H and O–H groups in total. The summed E-state index contributed by atoms with van der Waals surface area (Å²) in [6.45, 7) is 5.83. The van der Waals surface area contributed by atoms with E-state index in [0.717, 1.165) is 6.07 Å². The summed E-state index contributed by atoms with van der Waals surface area (Å²) in [6.07, 6.45) is -0.687. The van der Waals surface area contributed by atoms with Crippen molar-refractivity contribution in [3.8, 4) is 0 Å². The molecule has 1 heterocycles. The maximum atomic E-state index is 13.4. The van der Waals surface area contributed by atoms with Gasteiger partial charge in [0.25, 0.3) is 0 Å². The van der Waals surface area contributed by atoms with Gasteiger partial charge in [-0.2, -0.15) is 0 Å². The van der Waals surface area contributed by atoms with Crippen LogP contribution in [0.5, 0.6) is 0 Å². The van der Waals surface area contributed by atoms with Crippen molar-refractivity contribution >= 4 is 17.6 Å². The fourth-order valence-corrected chi connectivity index (χ4v) is 1.85. The Morgan fingerprint density at radius 2 is 2.00 bits per heavy atom. The molecule has 1 aromatic carbocycles. The van der Waals surface area contributed by atoms with Gasteiger partial charge in [0.15, 0.2) is 5.78 Å². The van der Waals surface area contributed by atoms with E-state index >= 15 is 0 Å². The molecule has 0 spiro atoms. The molecule has 5 nitrogen and oxygen atoms in total. The highest BCUT2D eigenvalue weighted by atomic mass is 19.1. The van der Waals surface area contributed by atoms with Crippen LogP contribution in [0.2, 0.25) is 0 Å². The average molecular weight is 295 g/mol. The molecule has 1 fully saturated rings. The molecule has 0 unspecified atom stereocenters. The number of amides is 1. The van der Waals surface area contributed by atoms with Crippen LogP contribution in [0, 0.1) is 11.7 Å². The van der Waals surface area contributed by atoms with Gasteiger partial charge in [-0.05, 0) is 39.0 Å². The molecule has 0 aliphatic carbocycles. The zero-order valence-electron chi connectivity index (χ0n) is 12.2. The van der Waals surface area contributed by atoms with Gasteiger partial charge in [0, 0.05) is 5.56 Å². The number of carbonyl (C=O) groups excluding carboxylic acids is 2. The Morgan fingerprint density at radius 1 is 1.33 bits per heavy atom. The van der Waals surface area contributed by atoms with Crippen LogP contribution in [0.4, 0.5) is 14.9 Å². The fraction of sp³-hybridized carbons (Fsp3) is 0.467. The van der Waals surface area contributed by atoms with Crippen molar-refractivity contribution in [2.75, 3.05) is 18.5 Å². The van der Waals surface area contributed by atoms with Crippen molar-refractivity contribution in [1.29, 1.82) is 0 Å². The average Bonchev–Trinajstić information content (AvgIpc) is 2.26. The number of Topliss-reactive ketones (excluding diaryl/α,β-unsaturated/α-hetero) is 1. The predicted molar refractivity (Wildman–Crippen MR) is 74.9 cm³/mol. The van der Waals surface area contributed by atoms with Crippen LogP contribution in [0.3, 0.4) is 0 Å². The summed E-state index contributed by atoms with van der Waals surface area (Å²) in [4.78, 5) is 24.0. The largest absolute Gasteiger partial charge is 0.444 e. The highest BCUT2D eigenvalue weighted by Crippen LogP contribution is 2.24. The first kappa shape index (κ1) is 15.4. The molecule has 0 aromatic heterocycles. The smallest absolute Gasteiger partial charge is 0.412 e. The number of anilines is 1. The third kappa shape index (κ3) is 4.01. The number of hydrogen-bond acceptors (Lipinski definition) is 4. The molecule has 0 bridgehead atoms. The van der Waals surface area contributed by atoms with E-state index in [0.29, 0.717) is 13.2 Å². The van der Waals surface area contributed by atoms with Gasteiger partial charge in [-0.25, -0.2) is 9.18 Å². The summed E-state index contributed by atoms with van der Waals surface area (Å²) in [5.41, 5.74) is -0.285. The van der Waals surface area contributed by atoms with Crippen molar-refractivity contribution in [1.82, 2.24) is 0 Å². The van der Waals surface area contributed by atoms with E-state index in [2.05, 4.69) is 5.32 Å². The molecular formula is C15H18FNO4. The maximum Gasteiger partial charge on any atom is 0.412 e. The quantitative estimate of drug-likeness (QED) is 0.871. The van der Waals surface area contributed by atoms with Crippen LogP contribution in [0.1, 0.15) is 31.1 Å². The summed E-state index contributed by atoms with van der Waals surface area (Å²) >= 11 is 0. The van der Waals surface area contributed by atoms with Crippen molar-refractivity contribution in [2.24, 2.45) is 5.92 Å². The highest BCUT2D eigenvalue weighted by molar-refractivity contribution is 6.05. The van der Waals surface area contributed by atoms with Gasteiger partial charge in [-0.15, -0.1) is 0 Å². The molecule has 2 rings (SSSR count). The Bertz CT molecular complexity index is 561. The van der Waals surface area contributed by atoms with Gasteiger partial charge < -0.3 is 9.47 Å². The van der Waals surface area contributed by atoms with Crippen molar-refractivity contribution in [3.63, 3.8) is 0 Å². The Kier molecular flexibility index (Phi) is 4.27. The number of hydrogen-bond donors (Lipinski definition) is 1. The second-order valence-corrected chi connectivity index (χ2v) is 5.92. The molecule has 1 aliphatic heterocycles. The Balaban J connectivity index is 2.18. The van der Waals surface area contributed by atoms with Crippen LogP contribution < -0.4 is 5.32 Å². The van der Waals surface area contributed by atoms with Crippen LogP contribution in [0.15, 0.2) is 18.2 Å². The fourth-order valence-electron chi connectivity index (χ4n) is 1.85. The number of carbonyl (C=O) groups is 2. The monoisotopic (exact) mass is 295 g/mol. The number of halogens is 1. The summed E-state index contributed by atoms with van der Waals surface area (Å²) in [6, 6.07) is 3.65. The van der Waals surface area contributed by atoms with Crippen molar-refractivity contribution in [3.05, 3.63) is 29.6 Å². The number of benzene rings is 1. The lowest BCUT2D eigenvalue weighted by atomic mass is 9.95. The minimum Gasteiger partial charge on any atom is -0.444 e. The second-order valence-electron chi connectivity index (χ2n) is 5.92. The summed E-state index contributed by atoms with van der Waals surface area (Å²) in [5, 5.41) is 2.49. The topological polar surface area (TPSA) is 64.6 Å². The van der Waals surface area contributed by atoms with E-state index in [1.807, 2.05) is 0 Å². The first-order valence-electron chi connectivity index (χ1n) is 6.68. The second kappa shape index (κ2) is 5.81. The van der Waals surface area contributed by atoms with Crippen LogP contribution in [-0.4, -0.2) is 30.7 Å². The lowest BCUT2D eigenvalue weighted by Gasteiger charge is -2.25. The van der Waals surface area contributed by atoms with Crippen LogP contribution in [-0.2, 0) is 9.47 Å². The Hall–Kier alpha value is -1.95. The zero-order chi connectivity index (χ0) is 15.6. The number of ketones is 1. The van der Waals surface area contributed by atoms with E-state index in [1.165, 1.54) is 12.1 Å². The molecule has 1 saturated heterocycles. The molecule has 21 heavy (non-hydrogen) atoms. The Labute approximate surface area is 122 Å². The molecule has 1 aliphatic rings. The maximum absolute atomic E-state index is 13.4. The summed E-state index contributed by atoms with van der Waals surface area (Å²) in [5.74, 6) is -1.06. The van der Waals surface area contributed by atoms with Crippen molar-refractivity contribution < 1.29 is 23.5 Å². The van der Waals surface area contributed by atoms with Gasteiger partial charge in [-0.1, -0.05) is 0 Å². The van der Waals surface area contributed by atoms with E-state index < -0.39 is 17.5 Å². The lowest BCUT2D eigenvalue weighted by Crippen LogP contribution is -2.35. The van der Waals surface area contributed by atoms with E-state index in [4.69, 9.17) is 9.47 Å². The number of rotatable bonds is 3. The van der Waals surface area contributed by atoms with Crippen molar-refractivity contribution in [2.45, 2.75) is 26.4 Å². The first-order valence-corrected chi connectivity index (χ1v) is 6.68. The number of ether oxygens (including phenoxy) is 2. The molecule has 0 saturated carbocycles. The van der Waals surface area contributed by atoms with Crippen LogP contribution >= 0.6 is 0 Å². The SMILES string of the molecule is CC(C)(C)OC(=O)Nc1ccc(F)cc1C(=O)C1COC1. The minimum atomic E-state index is -0.687. The van der Waals surface area contributed by atoms with Gasteiger partial charge in [0.1, 0.15) is 11.4 Å². The normalized spacial score (nSPS) is 15.2. The first-order chi connectivity index (χ1) is 9.76. The molecule has 1 aromatic rings. The third-order valence-electron chi connectivity index (χ3n) is 2.89. The molecule has 6 heteroatoms. The molecule has 0 radical (unpaired) electrons. The lowest BCUT2D eigenvalue weighted by molar-refractivity contribution is -0.0194. The van der Waals surface area contributed by atoms with Gasteiger partial charge in [0.2, 0.25) is 0 Å². The predicted octanol–water partition coefficient (Wildman–Crippen LogP) is 3.00. The zero-order valence-corrected chi connectivity index (χ0v) is 12.2. The van der Waals surface area contributed by atoms with Crippen LogP contribution in [0.25, 0.3) is 0 Å². The van der Waals surface area contributed by atoms with Gasteiger partial charge >= 0.3 is 6.09 Å². The van der Waals surface area contributed by atoms with Gasteiger partial charge in [-0.3, -0.25) is 10.1 Å². The highest BCUT2D eigenvalue weighted by Gasteiger charge is 2.30. The summed E-state index contributed by atoms with van der Waals surface area (Å²) in [7, 11) is 0. The van der Waals surface area contributed by atoms with E-state index in [9.17, 15) is 14.0 Å². The van der Waals surface area contributed by atoms with Gasteiger partial charge in [0.05, 0.1) is 24.8 Å². The summed E-state index contributed by atoms with van der Waals surface area (Å²) < 4.78 is 23.5. The Morgan fingerprint density at radius 3 is 2.52 bits per heavy atom. The van der Waals surface area contributed by atoms with E-state index in [-0.39, 0.29) is 23.0 Å². The standard InChI is InChI=1S/C15H18FNO4/c1-15(2,3)21-14(19)17-12-5-4-10(16)6-11(12)13(18)9-7-20-8-9/h4-6,9H,7-8H2,1-3H3,(H,17,19). The van der Waals surface area contributed by atoms with E-state index in [1.54, 1.807) is 20.8 Å². The molecular weight excluding hydrogens is 277 g/mol. The molecule has 114 valence electrons. The molecule has 0 atom stereocenters. The number of nitrogens with one attached hydrogen (secondary N) is 1. The minimum absolute atomic E-state index is 0.133. The third-order valence-corrected chi connectivity index (χ3v) is 2.89.